The van der Waals surface area contributed by atoms with Gasteiger partial charge in [-0.3, -0.25) is 4.90 Å². The summed E-state index contributed by atoms with van der Waals surface area (Å²) >= 11 is 2.97. The fourth-order valence-electron chi connectivity index (χ4n) is 0.852. The largest absolute Gasteiger partial charge is 0.401 e. The number of hydrogen-bond donors (Lipinski definition) is 1. The second kappa shape index (κ2) is 5.62. The van der Waals surface area contributed by atoms with Gasteiger partial charge >= 0.3 is 6.18 Å². The average molecular weight is 262 g/mol. The quantitative estimate of drug-likeness (QED) is 0.815. The molecule has 0 atom stereocenters. The lowest BCUT2D eigenvalue weighted by atomic mass is 10.4. The van der Waals surface area contributed by atoms with Gasteiger partial charge in [0.25, 0.3) is 0 Å². The van der Waals surface area contributed by atoms with Crippen LogP contribution in [0.2, 0.25) is 0 Å². The molecule has 0 aromatic rings. The Balaban J connectivity index is 4.01. The van der Waals surface area contributed by atoms with Crippen molar-refractivity contribution in [2.75, 3.05) is 26.2 Å². The molecule has 0 radical (unpaired) electrons. The number of aliphatic hydroxyl groups excluding tert-OH is 1. The van der Waals surface area contributed by atoms with Gasteiger partial charge in [-0.25, -0.2) is 0 Å². The molecule has 0 bridgehead atoms. The fraction of sp³-hybridized carbons (Fsp3) is 0.714. The number of hydrogen-bond acceptors (Lipinski definition) is 2. The molecule has 0 amide bonds. The Morgan fingerprint density at radius 3 is 2.31 bits per heavy atom. The van der Waals surface area contributed by atoms with Crippen molar-refractivity contribution >= 4 is 15.9 Å². The van der Waals surface area contributed by atoms with Gasteiger partial charge in [0.05, 0.1) is 13.2 Å². The van der Waals surface area contributed by atoms with E-state index in [0.29, 0.717) is 4.48 Å². The molecule has 0 saturated heterocycles. The van der Waals surface area contributed by atoms with Gasteiger partial charge in [0, 0.05) is 17.6 Å². The van der Waals surface area contributed by atoms with Crippen molar-refractivity contribution in [3.05, 3.63) is 11.1 Å². The number of aliphatic hydroxyl groups is 1. The SMILES string of the molecule is C=C(Br)CN(CCO)CC(F)(F)F. The molecule has 0 saturated carbocycles. The highest BCUT2D eigenvalue weighted by Gasteiger charge is 2.30. The highest BCUT2D eigenvalue weighted by Crippen LogP contribution is 2.17. The van der Waals surface area contributed by atoms with Gasteiger partial charge in [0.15, 0.2) is 0 Å². The first-order valence-electron chi connectivity index (χ1n) is 3.58. The van der Waals surface area contributed by atoms with E-state index in [4.69, 9.17) is 5.11 Å². The van der Waals surface area contributed by atoms with Gasteiger partial charge in [0.1, 0.15) is 0 Å². The molecule has 1 N–H and O–H groups in total. The second-order valence-corrected chi connectivity index (χ2v) is 3.69. The summed E-state index contributed by atoms with van der Waals surface area (Å²) in [5.41, 5.74) is 0. The molecule has 0 spiro atoms. The zero-order chi connectivity index (χ0) is 10.5. The van der Waals surface area contributed by atoms with Crippen LogP contribution >= 0.6 is 15.9 Å². The van der Waals surface area contributed by atoms with Crippen LogP contribution in [-0.4, -0.2) is 42.4 Å². The van der Waals surface area contributed by atoms with Crippen LogP contribution in [0, 0.1) is 0 Å². The molecule has 0 aromatic heterocycles. The van der Waals surface area contributed by atoms with E-state index >= 15 is 0 Å². The monoisotopic (exact) mass is 261 g/mol. The van der Waals surface area contributed by atoms with E-state index in [-0.39, 0.29) is 19.7 Å². The van der Waals surface area contributed by atoms with Crippen LogP contribution < -0.4 is 0 Å². The molecule has 0 aliphatic heterocycles. The third-order valence-corrected chi connectivity index (χ3v) is 1.47. The van der Waals surface area contributed by atoms with E-state index in [1.807, 2.05) is 0 Å². The Bertz CT molecular complexity index is 172. The number of nitrogens with zero attached hydrogens (tertiary/aromatic N) is 1. The minimum atomic E-state index is -4.24. The summed E-state index contributed by atoms with van der Waals surface area (Å²) in [6.07, 6.45) is -4.24. The molecular formula is C7H11BrF3NO. The Hall–Kier alpha value is -0.0700. The number of alkyl halides is 3. The Labute approximate surface area is 83.2 Å². The lowest BCUT2D eigenvalue weighted by Gasteiger charge is -2.21. The van der Waals surface area contributed by atoms with Crippen molar-refractivity contribution in [3.8, 4) is 0 Å². The zero-order valence-electron chi connectivity index (χ0n) is 6.94. The van der Waals surface area contributed by atoms with E-state index in [1.54, 1.807) is 0 Å². The first-order chi connectivity index (χ1) is 5.85. The van der Waals surface area contributed by atoms with Crippen LogP contribution in [-0.2, 0) is 0 Å². The van der Waals surface area contributed by atoms with Gasteiger partial charge in [-0.2, -0.15) is 13.2 Å². The molecule has 13 heavy (non-hydrogen) atoms. The highest BCUT2D eigenvalue weighted by molar-refractivity contribution is 9.11. The maximum Gasteiger partial charge on any atom is 0.401 e. The van der Waals surface area contributed by atoms with Crippen molar-refractivity contribution in [2.24, 2.45) is 0 Å². The predicted molar refractivity (Wildman–Crippen MR) is 47.6 cm³/mol. The van der Waals surface area contributed by atoms with Gasteiger partial charge in [-0.15, -0.1) is 0 Å². The molecule has 0 aliphatic rings. The molecule has 0 aromatic carbocycles. The molecule has 6 heteroatoms. The van der Waals surface area contributed by atoms with E-state index < -0.39 is 12.7 Å². The average Bonchev–Trinajstić information content (AvgIpc) is 1.81. The molecule has 0 unspecified atom stereocenters. The molecule has 78 valence electrons. The van der Waals surface area contributed by atoms with Crippen molar-refractivity contribution in [1.82, 2.24) is 4.90 Å². The summed E-state index contributed by atoms with van der Waals surface area (Å²) in [7, 11) is 0. The first-order valence-corrected chi connectivity index (χ1v) is 4.37. The standard InChI is InChI=1S/C7H11BrF3NO/c1-6(8)4-12(2-3-13)5-7(9,10)11/h13H,1-5H2. The van der Waals surface area contributed by atoms with E-state index in [0.717, 1.165) is 4.90 Å². The first kappa shape index (κ1) is 12.9. The summed E-state index contributed by atoms with van der Waals surface area (Å²) in [6, 6.07) is 0. The van der Waals surface area contributed by atoms with Crippen molar-refractivity contribution < 1.29 is 18.3 Å². The smallest absolute Gasteiger partial charge is 0.395 e. The van der Waals surface area contributed by atoms with Crippen LogP contribution in [0.25, 0.3) is 0 Å². The maximum atomic E-state index is 11.9. The minimum Gasteiger partial charge on any atom is -0.395 e. The summed E-state index contributed by atoms with van der Waals surface area (Å²) in [5, 5.41) is 8.49. The van der Waals surface area contributed by atoms with E-state index in [2.05, 4.69) is 22.5 Å². The van der Waals surface area contributed by atoms with Gasteiger partial charge in [0.2, 0.25) is 0 Å². The van der Waals surface area contributed by atoms with E-state index in [9.17, 15) is 13.2 Å². The van der Waals surface area contributed by atoms with Crippen LogP contribution in [0.5, 0.6) is 0 Å². The van der Waals surface area contributed by atoms with Crippen molar-refractivity contribution in [2.45, 2.75) is 6.18 Å². The summed E-state index contributed by atoms with van der Waals surface area (Å²) in [6.45, 7) is 2.18. The van der Waals surface area contributed by atoms with Crippen LogP contribution in [0.4, 0.5) is 13.2 Å². The maximum absolute atomic E-state index is 11.9. The lowest BCUT2D eigenvalue weighted by Crippen LogP contribution is -2.36. The topological polar surface area (TPSA) is 23.5 Å². The lowest BCUT2D eigenvalue weighted by molar-refractivity contribution is -0.145. The van der Waals surface area contributed by atoms with Crippen LogP contribution in [0.15, 0.2) is 11.1 Å². The fourth-order valence-corrected chi connectivity index (χ4v) is 1.21. The van der Waals surface area contributed by atoms with Crippen molar-refractivity contribution in [1.29, 1.82) is 0 Å². The van der Waals surface area contributed by atoms with E-state index in [1.165, 1.54) is 0 Å². The molecular weight excluding hydrogens is 251 g/mol. The van der Waals surface area contributed by atoms with Gasteiger partial charge in [-0.05, 0) is 0 Å². The predicted octanol–water partition coefficient (Wildman–Crippen LogP) is 1.75. The molecule has 0 aliphatic carbocycles. The minimum absolute atomic E-state index is 0.00979. The van der Waals surface area contributed by atoms with Crippen LogP contribution in [0.3, 0.4) is 0 Å². The third kappa shape index (κ3) is 8.27. The second-order valence-electron chi connectivity index (χ2n) is 2.57. The zero-order valence-corrected chi connectivity index (χ0v) is 8.53. The summed E-state index contributed by atoms with van der Waals surface area (Å²) < 4.78 is 36.2. The highest BCUT2D eigenvalue weighted by atomic mass is 79.9. The van der Waals surface area contributed by atoms with Gasteiger partial charge in [-0.1, -0.05) is 22.5 Å². The Kier molecular flexibility index (Phi) is 5.59. The third-order valence-electron chi connectivity index (χ3n) is 1.21. The normalized spacial score (nSPS) is 12.2. The summed E-state index contributed by atoms with van der Waals surface area (Å²) in [5.74, 6) is 0. The molecule has 0 heterocycles. The number of rotatable bonds is 5. The van der Waals surface area contributed by atoms with Crippen molar-refractivity contribution in [3.63, 3.8) is 0 Å². The van der Waals surface area contributed by atoms with Gasteiger partial charge < -0.3 is 5.11 Å². The Morgan fingerprint density at radius 1 is 1.46 bits per heavy atom. The van der Waals surface area contributed by atoms with Crippen LogP contribution in [0.1, 0.15) is 0 Å². The number of halogens is 4. The molecule has 0 rings (SSSR count). The molecule has 0 fully saturated rings. The Morgan fingerprint density at radius 2 is 2.00 bits per heavy atom. The summed E-state index contributed by atoms with van der Waals surface area (Å²) in [4.78, 5) is 1.07. The molecule has 2 nitrogen and oxygen atoms in total.